The van der Waals surface area contributed by atoms with E-state index in [1.807, 2.05) is 0 Å². The zero-order valence-corrected chi connectivity index (χ0v) is 33.6. The maximum Gasteiger partial charge on any atom is 0.235 e. The maximum atomic E-state index is 5.51. The largest absolute Gasteiger partial charge is 0.309 e. The van der Waals surface area contributed by atoms with Crippen LogP contribution in [-0.2, 0) is 0 Å². The average Bonchev–Trinajstić information content (AvgIpc) is 3.86. The first-order valence-electron chi connectivity index (χ1n) is 21.2. The van der Waals surface area contributed by atoms with E-state index in [-0.39, 0.29) is 0 Å². The number of nitrogens with zero attached hydrogens (tertiary/aromatic N) is 4. The highest BCUT2D eigenvalue weighted by molar-refractivity contribution is 6.22. The lowest BCUT2D eigenvalue weighted by Gasteiger charge is -2.14. The standard InChI is InChI=1S/C58H36N4/c1-3-15-37(16-4-1)38-27-28-40-34-42(30-29-39(40)33-38)56-48-23-9-12-24-52(48)59-58(60-56)62-54-26-14-11-21-46(54)51-36-49(44-19-7-8-22-47(44)57(51)62)41-31-32-55-50(35-41)45-20-10-13-25-53(45)61(55)43-17-5-2-6-18-43/h1-36H. The van der Waals surface area contributed by atoms with Crippen molar-refractivity contribution in [1.29, 1.82) is 0 Å². The van der Waals surface area contributed by atoms with E-state index in [1.165, 1.54) is 65.6 Å². The molecule has 0 aliphatic heterocycles. The van der Waals surface area contributed by atoms with Crippen LogP contribution in [0.3, 0.4) is 0 Å². The highest BCUT2D eigenvalue weighted by Crippen LogP contribution is 2.43. The fourth-order valence-corrected chi connectivity index (χ4v) is 9.85. The summed E-state index contributed by atoms with van der Waals surface area (Å²) in [5.41, 5.74) is 13.4. The molecule has 0 aliphatic rings. The van der Waals surface area contributed by atoms with E-state index in [0.29, 0.717) is 5.95 Å². The molecule has 0 N–H and O–H groups in total. The molecule has 0 unspecified atom stereocenters. The number of aromatic nitrogens is 4. The van der Waals surface area contributed by atoms with Gasteiger partial charge in [-0.3, -0.25) is 4.57 Å². The van der Waals surface area contributed by atoms with Crippen LogP contribution in [0.2, 0.25) is 0 Å². The summed E-state index contributed by atoms with van der Waals surface area (Å²) in [6, 6.07) is 78.6. The molecule has 13 aromatic rings. The second-order valence-corrected chi connectivity index (χ2v) is 16.2. The molecule has 0 radical (unpaired) electrons. The van der Waals surface area contributed by atoms with Gasteiger partial charge in [0.2, 0.25) is 5.95 Å². The molecule has 0 fully saturated rings. The molecule has 288 valence electrons. The molecule has 0 amide bonds. The van der Waals surface area contributed by atoms with Gasteiger partial charge in [-0.1, -0.05) is 158 Å². The van der Waals surface area contributed by atoms with Gasteiger partial charge in [-0.15, -0.1) is 0 Å². The smallest absolute Gasteiger partial charge is 0.235 e. The van der Waals surface area contributed by atoms with Crippen molar-refractivity contribution < 1.29 is 0 Å². The molecule has 4 heteroatoms. The van der Waals surface area contributed by atoms with E-state index in [2.05, 4.69) is 228 Å². The van der Waals surface area contributed by atoms with Gasteiger partial charge in [0.25, 0.3) is 0 Å². The third-order valence-electron chi connectivity index (χ3n) is 12.7. The van der Waals surface area contributed by atoms with Crippen molar-refractivity contribution in [3.8, 4) is 45.1 Å². The van der Waals surface area contributed by atoms with Gasteiger partial charge in [-0.2, -0.15) is 0 Å². The number of hydrogen-bond donors (Lipinski definition) is 0. The van der Waals surface area contributed by atoms with Crippen LogP contribution in [0.15, 0.2) is 218 Å². The molecular weight excluding hydrogens is 753 g/mol. The minimum atomic E-state index is 0.650. The van der Waals surface area contributed by atoms with Crippen molar-refractivity contribution in [2.75, 3.05) is 0 Å². The summed E-state index contributed by atoms with van der Waals surface area (Å²) in [4.78, 5) is 10.9. The van der Waals surface area contributed by atoms with Gasteiger partial charge < -0.3 is 4.57 Å². The van der Waals surface area contributed by atoms with Crippen LogP contribution in [-0.4, -0.2) is 19.1 Å². The lowest BCUT2D eigenvalue weighted by molar-refractivity contribution is 1.02. The topological polar surface area (TPSA) is 35.6 Å². The third kappa shape index (κ3) is 5.27. The Kier molecular flexibility index (Phi) is 7.57. The Balaban J connectivity index is 1.03. The molecule has 62 heavy (non-hydrogen) atoms. The second kappa shape index (κ2) is 13.6. The van der Waals surface area contributed by atoms with Crippen LogP contribution in [0.4, 0.5) is 0 Å². The molecule has 3 aromatic heterocycles. The maximum absolute atomic E-state index is 5.51. The van der Waals surface area contributed by atoms with E-state index in [1.54, 1.807) is 0 Å². The zero-order valence-electron chi connectivity index (χ0n) is 33.6. The monoisotopic (exact) mass is 788 g/mol. The van der Waals surface area contributed by atoms with Crippen molar-refractivity contribution in [1.82, 2.24) is 19.1 Å². The summed E-state index contributed by atoms with van der Waals surface area (Å²) in [6.45, 7) is 0. The number of para-hydroxylation sites is 4. The van der Waals surface area contributed by atoms with Gasteiger partial charge in [0.1, 0.15) is 0 Å². The average molecular weight is 789 g/mol. The van der Waals surface area contributed by atoms with Crippen molar-refractivity contribution >= 4 is 76.1 Å². The van der Waals surface area contributed by atoms with E-state index < -0.39 is 0 Å². The van der Waals surface area contributed by atoms with Gasteiger partial charge in [0.15, 0.2) is 0 Å². The van der Waals surface area contributed by atoms with Crippen LogP contribution in [0.25, 0.3) is 121 Å². The lowest BCUT2D eigenvalue weighted by atomic mass is 9.94. The third-order valence-corrected chi connectivity index (χ3v) is 12.7. The summed E-state index contributed by atoms with van der Waals surface area (Å²) in [5, 5.41) is 10.5. The number of rotatable bonds is 5. The first-order chi connectivity index (χ1) is 30.7. The van der Waals surface area contributed by atoms with Gasteiger partial charge in [0, 0.05) is 43.6 Å². The summed E-state index contributed by atoms with van der Waals surface area (Å²) in [5.74, 6) is 0.650. The fraction of sp³-hybridized carbons (Fsp3) is 0. The highest BCUT2D eigenvalue weighted by Gasteiger charge is 2.22. The lowest BCUT2D eigenvalue weighted by Crippen LogP contribution is -2.04. The molecule has 0 saturated heterocycles. The van der Waals surface area contributed by atoms with Crippen LogP contribution < -0.4 is 0 Å². The van der Waals surface area contributed by atoms with Crippen LogP contribution in [0.1, 0.15) is 0 Å². The summed E-state index contributed by atoms with van der Waals surface area (Å²) < 4.78 is 4.66. The Bertz CT molecular complexity index is 3920. The molecule has 4 nitrogen and oxygen atoms in total. The Morgan fingerprint density at radius 3 is 1.65 bits per heavy atom. The Morgan fingerprint density at radius 2 is 0.871 bits per heavy atom. The highest BCUT2D eigenvalue weighted by atomic mass is 15.2. The Labute approximate surface area is 357 Å². The molecule has 10 aromatic carbocycles. The predicted octanol–water partition coefficient (Wildman–Crippen LogP) is 15.1. The zero-order chi connectivity index (χ0) is 40.7. The minimum absolute atomic E-state index is 0.650. The predicted molar refractivity (Wildman–Crippen MR) is 260 cm³/mol. The molecule has 0 saturated carbocycles. The van der Waals surface area contributed by atoms with Crippen LogP contribution in [0.5, 0.6) is 0 Å². The van der Waals surface area contributed by atoms with Gasteiger partial charge >= 0.3 is 0 Å². The number of fused-ring (bicyclic) bond motifs is 10. The Hall–Kier alpha value is -8.34. The molecule has 0 atom stereocenters. The molecule has 13 rings (SSSR count). The quantitative estimate of drug-likeness (QED) is 0.174. The first-order valence-corrected chi connectivity index (χ1v) is 21.2. The number of hydrogen-bond acceptors (Lipinski definition) is 2. The Morgan fingerprint density at radius 1 is 0.306 bits per heavy atom. The van der Waals surface area contributed by atoms with E-state index >= 15 is 0 Å². The summed E-state index contributed by atoms with van der Waals surface area (Å²) in [7, 11) is 0. The van der Waals surface area contributed by atoms with E-state index in [4.69, 9.17) is 9.97 Å². The van der Waals surface area contributed by atoms with Gasteiger partial charge in [-0.05, 0) is 99.1 Å². The van der Waals surface area contributed by atoms with Crippen LogP contribution in [0, 0.1) is 0 Å². The summed E-state index contributed by atoms with van der Waals surface area (Å²) in [6.07, 6.45) is 0. The molecule has 0 aliphatic carbocycles. The van der Waals surface area contributed by atoms with E-state index in [9.17, 15) is 0 Å². The van der Waals surface area contributed by atoms with Crippen LogP contribution >= 0.6 is 0 Å². The normalized spacial score (nSPS) is 11.9. The fourth-order valence-electron chi connectivity index (χ4n) is 9.85. The SMILES string of the molecule is c1ccc(-c2ccc3cc(-c4nc(-n5c6ccccc6c6cc(-c7ccc8c(c7)c7ccccc7n8-c7ccccc7)c7ccccc7c65)nc5ccccc45)ccc3c2)cc1. The van der Waals surface area contributed by atoms with Crippen molar-refractivity contribution in [2.24, 2.45) is 0 Å². The molecule has 0 spiro atoms. The van der Waals surface area contributed by atoms with Crippen molar-refractivity contribution in [3.05, 3.63) is 218 Å². The second-order valence-electron chi connectivity index (χ2n) is 16.2. The molecule has 0 bridgehead atoms. The van der Waals surface area contributed by atoms with Crippen molar-refractivity contribution in [2.45, 2.75) is 0 Å². The minimum Gasteiger partial charge on any atom is -0.309 e. The first kappa shape index (κ1) is 34.5. The molecular formula is C58H36N4. The van der Waals surface area contributed by atoms with Gasteiger partial charge in [0.05, 0.1) is 33.3 Å². The summed E-state index contributed by atoms with van der Waals surface area (Å²) >= 11 is 0. The van der Waals surface area contributed by atoms with Gasteiger partial charge in [-0.25, -0.2) is 9.97 Å². The van der Waals surface area contributed by atoms with Crippen molar-refractivity contribution in [3.63, 3.8) is 0 Å². The molecule has 3 heterocycles. The van der Waals surface area contributed by atoms with E-state index in [0.717, 1.165) is 49.7 Å². The number of benzene rings is 10.